The summed E-state index contributed by atoms with van der Waals surface area (Å²) < 4.78 is 39.5. The Labute approximate surface area is 113 Å². The summed E-state index contributed by atoms with van der Waals surface area (Å²) in [5, 5.41) is 3.32. The van der Waals surface area contributed by atoms with Crippen LogP contribution in [0.2, 0.25) is 0 Å². The van der Waals surface area contributed by atoms with Gasteiger partial charge in [0.2, 0.25) is 0 Å². The molecule has 0 aliphatic rings. The highest BCUT2D eigenvalue weighted by Crippen LogP contribution is 2.31. The normalized spacial score (nSPS) is 11.4. The molecule has 7 heteroatoms. The number of aromatic nitrogens is 2. The minimum Gasteiger partial charge on any atom is -0.311 e. The van der Waals surface area contributed by atoms with Gasteiger partial charge in [0.25, 0.3) is 5.91 Å². The van der Waals surface area contributed by atoms with E-state index in [2.05, 4.69) is 5.10 Å². The lowest BCUT2D eigenvalue weighted by Crippen LogP contribution is -2.28. The first-order chi connectivity index (χ1) is 9.30. The molecule has 2 rings (SSSR count). The summed E-state index contributed by atoms with van der Waals surface area (Å²) in [4.78, 5) is 13.4. The molecule has 0 saturated carbocycles. The Hall–Kier alpha value is -2.31. The van der Waals surface area contributed by atoms with Crippen LogP contribution in [-0.2, 0) is 13.2 Å². The maximum absolute atomic E-state index is 12.8. The first-order valence-electron chi connectivity index (χ1n) is 5.74. The molecule has 0 radical (unpaired) electrons. The molecule has 0 N–H and O–H groups in total. The predicted octanol–water partition coefficient (Wildman–Crippen LogP) is 2.72. The SMILES string of the molecule is CN(C(=O)c1cn(C)nc1C(F)(F)F)c1ccccc1. The van der Waals surface area contributed by atoms with E-state index in [1.54, 1.807) is 30.3 Å². The van der Waals surface area contributed by atoms with Gasteiger partial charge in [-0.2, -0.15) is 18.3 Å². The van der Waals surface area contributed by atoms with Crippen LogP contribution < -0.4 is 4.90 Å². The molecule has 4 nitrogen and oxygen atoms in total. The Bertz CT molecular complexity index is 620. The number of para-hydroxylation sites is 1. The zero-order chi connectivity index (χ0) is 14.9. The van der Waals surface area contributed by atoms with Crippen molar-refractivity contribution in [2.75, 3.05) is 11.9 Å². The highest BCUT2D eigenvalue weighted by Gasteiger charge is 2.39. The molecule has 2 aromatic rings. The van der Waals surface area contributed by atoms with Gasteiger partial charge < -0.3 is 4.90 Å². The van der Waals surface area contributed by atoms with Crippen LogP contribution in [0.1, 0.15) is 16.1 Å². The number of anilines is 1. The number of hydrogen-bond acceptors (Lipinski definition) is 2. The maximum atomic E-state index is 12.8. The fourth-order valence-electron chi connectivity index (χ4n) is 1.80. The van der Waals surface area contributed by atoms with Gasteiger partial charge in [-0.3, -0.25) is 9.48 Å². The number of carbonyl (C=O) groups is 1. The van der Waals surface area contributed by atoms with Crippen molar-refractivity contribution in [3.05, 3.63) is 47.8 Å². The molecule has 0 aliphatic heterocycles. The Kier molecular flexibility index (Phi) is 3.52. The largest absolute Gasteiger partial charge is 0.435 e. The van der Waals surface area contributed by atoms with Crippen LogP contribution in [-0.4, -0.2) is 22.7 Å². The molecule has 1 aromatic heterocycles. The molecule has 106 valence electrons. The smallest absolute Gasteiger partial charge is 0.311 e. The molecule has 0 saturated heterocycles. The number of halogens is 3. The fraction of sp³-hybridized carbons (Fsp3) is 0.231. The number of benzene rings is 1. The Morgan fingerprint density at radius 3 is 2.40 bits per heavy atom. The zero-order valence-corrected chi connectivity index (χ0v) is 10.8. The van der Waals surface area contributed by atoms with Crippen LogP contribution in [0.4, 0.5) is 18.9 Å². The van der Waals surface area contributed by atoms with Gasteiger partial charge in [0.05, 0.1) is 5.56 Å². The van der Waals surface area contributed by atoms with Crippen LogP contribution in [0, 0.1) is 0 Å². The van der Waals surface area contributed by atoms with E-state index in [1.165, 1.54) is 14.1 Å². The third-order valence-electron chi connectivity index (χ3n) is 2.78. The molecule has 20 heavy (non-hydrogen) atoms. The number of amides is 1. The van der Waals surface area contributed by atoms with E-state index in [4.69, 9.17) is 0 Å². The quantitative estimate of drug-likeness (QED) is 0.850. The van der Waals surface area contributed by atoms with Gasteiger partial charge in [0, 0.05) is 26.0 Å². The summed E-state index contributed by atoms with van der Waals surface area (Å²) >= 11 is 0. The molecule has 0 spiro atoms. The van der Waals surface area contributed by atoms with E-state index in [1.807, 2.05) is 0 Å². The topological polar surface area (TPSA) is 38.1 Å². The highest BCUT2D eigenvalue weighted by atomic mass is 19.4. The average molecular weight is 283 g/mol. The Morgan fingerprint density at radius 1 is 1.25 bits per heavy atom. The highest BCUT2D eigenvalue weighted by molar-refractivity contribution is 6.06. The van der Waals surface area contributed by atoms with Gasteiger partial charge in [0.1, 0.15) is 0 Å². The van der Waals surface area contributed by atoms with E-state index >= 15 is 0 Å². The third-order valence-corrected chi connectivity index (χ3v) is 2.78. The van der Waals surface area contributed by atoms with Crippen LogP contribution in [0.25, 0.3) is 0 Å². The molecule has 0 fully saturated rings. The lowest BCUT2D eigenvalue weighted by Gasteiger charge is -2.17. The van der Waals surface area contributed by atoms with Crippen molar-refractivity contribution in [2.45, 2.75) is 6.18 Å². The number of carbonyl (C=O) groups excluding carboxylic acids is 1. The predicted molar refractivity (Wildman–Crippen MR) is 67.4 cm³/mol. The van der Waals surface area contributed by atoms with Crippen molar-refractivity contribution in [3.8, 4) is 0 Å². The van der Waals surface area contributed by atoms with Crippen LogP contribution >= 0.6 is 0 Å². The molecule has 0 atom stereocenters. The van der Waals surface area contributed by atoms with E-state index in [0.29, 0.717) is 5.69 Å². The lowest BCUT2D eigenvalue weighted by molar-refractivity contribution is -0.141. The molecule has 0 unspecified atom stereocenters. The first-order valence-corrected chi connectivity index (χ1v) is 5.74. The summed E-state index contributed by atoms with van der Waals surface area (Å²) in [6.07, 6.45) is -3.59. The zero-order valence-electron chi connectivity index (χ0n) is 10.8. The van der Waals surface area contributed by atoms with Crippen molar-refractivity contribution >= 4 is 11.6 Å². The summed E-state index contributed by atoms with van der Waals surface area (Å²) in [6, 6.07) is 8.44. The molecule has 1 amide bonds. The number of hydrogen-bond donors (Lipinski definition) is 0. The van der Waals surface area contributed by atoms with E-state index in [-0.39, 0.29) is 0 Å². The molecule has 0 bridgehead atoms. The second-order valence-electron chi connectivity index (χ2n) is 4.26. The summed E-state index contributed by atoms with van der Waals surface area (Å²) in [7, 11) is 2.76. The van der Waals surface area contributed by atoms with E-state index in [9.17, 15) is 18.0 Å². The van der Waals surface area contributed by atoms with Gasteiger partial charge >= 0.3 is 6.18 Å². The van der Waals surface area contributed by atoms with Crippen molar-refractivity contribution < 1.29 is 18.0 Å². The van der Waals surface area contributed by atoms with E-state index in [0.717, 1.165) is 15.8 Å². The van der Waals surface area contributed by atoms with Gasteiger partial charge in [-0.25, -0.2) is 0 Å². The first kappa shape index (κ1) is 14.1. The van der Waals surface area contributed by atoms with Crippen molar-refractivity contribution in [1.82, 2.24) is 9.78 Å². The average Bonchev–Trinajstić information content (AvgIpc) is 2.80. The number of aryl methyl sites for hydroxylation is 1. The number of alkyl halides is 3. The summed E-state index contributed by atoms with van der Waals surface area (Å²) in [5.41, 5.74) is -1.13. The Morgan fingerprint density at radius 2 is 1.85 bits per heavy atom. The Balaban J connectivity index is 2.40. The number of nitrogens with zero attached hydrogens (tertiary/aromatic N) is 3. The van der Waals surface area contributed by atoms with E-state index < -0.39 is 23.3 Å². The number of rotatable bonds is 2. The molecular weight excluding hydrogens is 271 g/mol. The molecule has 0 aliphatic carbocycles. The molecule has 1 heterocycles. The molecule has 1 aromatic carbocycles. The standard InChI is InChI=1S/C13H12F3N3O/c1-18-8-10(11(17-18)13(14,15)16)12(20)19(2)9-6-4-3-5-7-9/h3-8H,1-2H3. The lowest BCUT2D eigenvalue weighted by atomic mass is 10.2. The van der Waals surface area contributed by atoms with Crippen LogP contribution in [0.5, 0.6) is 0 Å². The van der Waals surface area contributed by atoms with Gasteiger partial charge in [-0.1, -0.05) is 18.2 Å². The van der Waals surface area contributed by atoms with Crippen molar-refractivity contribution in [2.24, 2.45) is 7.05 Å². The van der Waals surface area contributed by atoms with Crippen LogP contribution in [0.15, 0.2) is 36.5 Å². The second-order valence-corrected chi connectivity index (χ2v) is 4.26. The maximum Gasteiger partial charge on any atom is 0.435 e. The van der Waals surface area contributed by atoms with Crippen molar-refractivity contribution in [3.63, 3.8) is 0 Å². The van der Waals surface area contributed by atoms with Crippen LogP contribution in [0.3, 0.4) is 0 Å². The minimum atomic E-state index is -4.66. The van der Waals surface area contributed by atoms with Gasteiger partial charge in [0.15, 0.2) is 5.69 Å². The summed E-state index contributed by atoms with van der Waals surface area (Å²) in [5.74, 6) is -0.753. The van der Waals surface area contributed by atoms with Gasteiger partial charge in [-0.05, 0) is 12.1 Å². The monoisotopic (exact) mass is 283 g/mol. The summed E-state index contributed by atoms with van der Waals surface area (Å²) in [6.45, 7) is 0. The third kappa shape index (κ3) is 2.66. The van der Waals surface area contributed by atoms with Gasteiger partial charge in [-0.15, -0.1) is 0 Å². The molecular formula is C13H12F3N3O. The second kappa shape index (κ2) is 4.99. The van der Waals surface area contributed by atoms with Crippen molar-refractivity contribution in [1.29, 1.82) is 0 Å². The fourth-order valence-corrected chi connectivity index (χ4v) is 1.80. The minimum absolute atomic E-state index is 0.466.